The van der Waals surface area contributed by atoms with E-state index in [9.17, 15) is 4.79 Å². The lowest BCUT2D eigenvalue weighted by molar-refractivity contribution is -0.0849. The Labute approximate surface area is 119 Å². The predicted octanol–water partition coefficient (Wildman–Crippen LogP) is 2.97. The molecule has 0 aromatic carbocycles. The molecule has 0 unspecified atom stereocenters. The minimum Gasteiger partial charge on any atom is -0.460 e. The Morgan fingerprint density at radius 2 is 1.85 bits per heavy atom. The first-order valence-corrected chi connectivity index (χ1v) is 7.73. The third kappa shape index (κ3) is 2.02. The van der Waals surface area contributed by atoms with Gasteiger partial charge in [-0.25, -0.2) is 4.79 Å². The molecule has 3 N–H and O–H groups in total. The molecular weight excluding hydrogens is 252 g/mol. The third-order valence-corrected chi connectivity index (χ3v) is 5.60. The Kier molecular flexibility index (Phi) is 2.63. The number of ether oxygens (including phenoxy) is 1. The molecule has 4 bridgehead atoms. The molecule has 0 spiro atoms. The van der Waals surface area contributed by atoms with Crippen LogP contribution in [-0.4, -0.2) is 17.6 Å². The fourth-order valence-electron chi connectivity index (χ4n) is 5.29. The second-order valence-electron chi connectivity index (χ2n) is 7.34. The monoisotopic (exact) mass is 274 g/mol. The molecule has 1 aromatic rings. The van der Waals surface area contributed by atoms with E-state index in [0.717, 1.165) is 17.8 Å². The lowest BCUT2D eigenvalue weighted by atomic mass is 9.50. The zero-order valence-electron chi connectivity index (χ0n) is 11.7. The predicted molar refractivity (Wildman–Crippen MR) is 76.1 cm³/mol. The summed E-state index contributed by atoms with van der Waals surface area (Å²) < 4.78 is 5.60. The number of nitrogens with two attached hydrogens (primary N) is 1. The first-order valence-electron chi connectivity index (χ1n) is 7.73. The van der Waals surface area contributed by atoms with E-state index in [2.05, 4.69) is 4.98 Å². The van der Waals surface area contributed by atoms with Gasteiger partial charge in [0.1, 0.15) is 5.69 Å². The molecule has 4 aliphatic rings. The zero-order chi connectivity index (χ0) is 13.7. The van der Waals surface area contributed by atoms with E-state index in [0.29, 0.717) is 18.0 Å². The van der Waals surface area contributed by atoms with Gasteiger partial charge in [0.05, 0.1) is 12.3 Å². The molecule has 4 heteroatoms. The summed E-state index contributed by atoms with van der Waals surface area (Å²) in [6, 6.07) is 1.64. The minimum absolute atomic E-state index is 0.266. The maximum atomic E-state index is 12.0. The van der Waals surface area contributed by atoms with Crippen LogP contribution >= 0.6 is 0 Å². The average Bonchev–Trinajstić information content (AvgIpc) is 2.81. The Balaban J connectivity index is 1.43. The van der Waals surface area contributed by atoms with Crippen LogP contribution in [0.15, 0.2) is 12.3 Å². The normalized spacial score (nSPS) is 38.1. The Hall–Kier alpha value is -1.45. The molecule has 0 amide bonds. The van der Waals surface area contributed by atoms with Crippen molar-refractivity contribution >= 4 is 11.7 Å². The van der Waals surface area contributed by atoms with Crippen LogP contribution in [0.2, 0.25) is 0 Å². The number of aromatic amines is 1. The van der Waals surface area contributed by atoms with E-state index in [-0.39, 0.29) is 11.4 Å². The van der Waals surface area contributed by atoms with Crippen LogP contribution in [-0.2, 0) is 4.74 Å². The summed E-state index contributed by atoms with van der Waals surface area (Å²) in [5.74, 6) is 2.40. The number of nitrogen functional groups attached to an aromatic ring is 1. The van der Waals surface area contributed by atoms with Gasteiger partial charge >= 0.3 is 5.97 Å². The highest BCUT2D eigenvalue weighted by Crippen LogP contribution is 2.60. The Bertz CT molecular complexity index is 499. The number of nitrogens with one attached hydrogen (secondary N) is 1. The largest absolute Gasteiger partial charge is 0.460 e. The molecule has 1 aromatic heterocycles. The van der Waals surface area contributed by atoms with Crippen LogP contribution in [0, 0.1) is 23.2 Å². The molecule has 4 nitrogen and oxygen atoms in total. The summed E-state index contributed by atoms with van der Waals surface area (Å²) in [5, 5.41) is 0. The molecule has 0 aliphatic heterocycles. The van der Waals surface area contributed by atoms with E-state index in [1.165, 1.54) is 38.5 Å². The Morgan fingerprint density at radius 3 is 2.35 bits per heavy atom. The summed E-state index contributed by atoms with van der Waals surface area (Å²) in [6.07, 6.45) is 9.67. The van der Waals surface area contributed by atoms with Crippen molar-refractivity contribution in [2.75, 3.05) is 12.3 Å². The molecule has 5 rings (SSSR count). The zero-order valence-corrected chi connectivity index (χ0v) is 11.7. The highest BCUT2D eigenvalue weighted by Gasteiger charge is 2.51. The Morgan fingerprint density at radius 1 is 1.25 bits per heavy atom. The number of aromatic nitrogens is 1. The first kappa shape index (κ1) is 12.3. The van der Waals surface area contributed by atoms with Crippen molar-refractivity contribution < 1.29 is 9.53 Å². The van der Waals surface area contributed by atoms with E-state index in [1.54, 1.807) is 12.3 Å². The van der Waals surface area contributed by atoms with Crippen LogP contribution in [0.4, 0.5) is 5.69 Å². The van der Waals surface area contributed by atoms with Gasteiger partial charge in [0, 0.05) is 11.6 Å². The number of esters is 1. The maximum absolute atomic E-state index is 12.0. The summed E-state index contributed by atoms with van der Waals surface area (Å²) in [5.41, 5.74) is 6.94. The third-order valence-electron chi connectivity index (χ3n) is 5.60. The van der Waals surface area contributed by atoms with E-state index in [4.69, 9.17) is 10.5 Å². The first-order chi connectivity index (χ1) is 9.62. The highest BCUT2D eigenvalue weighted by molar-refractivity contribution is 5.88. The maximum Gasteiger partial charge on any atom is 0.354 e. The summed E-state index contributed by atoms with van der Waals surface area (Å²) >= 11 is 0. The van der Waals surface area contributed by atoms with Gasteiger partial charge in [0.25, 0.3) is 0 Å². The van der Waals surface area contributed by atoms with Crippen molar-refractivity contribution in [3.63, 3.8) is 0 Å². The van der Waals surface area contributed by atoms with E-state index >= 15 is 0 Å². The molecular formula is C16H22N2O2. The molecule has 4 aliphatic carbocycles. The second-order valence-corrected chi connectivity index (χ2v) is 7.34. The number of hydrogen-bond acceptors (Lipinski definition) is 3. The van der Waals surface area contributed by atoms with Crippen LogP contribution in [0.3, 0.4) is 0 Å². The van der Waals surface area contributed by atoms with Gasteiger partial charge in [0.2, 0.25) is 0 Å². The summed E-state index contributed by atoms with van der Waals surface area (Å²) in [4.78, 5) is 14.9. The SMILES string of the molecule is Nc1c[nH]c(C(=O)OCC23CC4CC(CC(C4)C2)C3)c1. The molecule has 20 heavy (non-hydrogen) atoms. The van der Waals surface area contributed by atoms with Gasteiger partial charge in [-0.3, -0.25) is 0 Å². The number of anilines is 1. The van der Waals surface area contributed by atoms with E-state index < -0.39 is 0 Å². The second kappa shape index (κ2) is 4.27. The molecule has 108 valence electrons. The minimum atomic E-state index is -0.266. The van der Waals surface area contributed by atoms with Crippen LogP contribution in [0.1, 0.15) is 49.0 Å². The summed E-state index contributed by atoms with van der Waals surface area (Å²) in [6.45, 7) is 0.592. The van der Waals surface area contributed by atoms with Gasteiger partial charge in [-0.1, -0.05) is 0 Å². The van der Waals surface area contributed by atoms with Crippen LogP contribution in [0.25, 0.3) is 0 Å². The number of rotatable bonds is 3. The molecule has 0 saturated heterocycles. The molecule has 4 fully saturated rings. The highest BCUT2D eigenvalue weighted by atomic mass is 16.5. The fraction of sp³-hybridized carbons (Fsp3) is 0.688. The molecule has 0 radical (unpaired) electrons. The fourth-order valence-corrected chi connectivity index (χ4v) is 5.29. The summed E-state index contributed by atoms with van der Waals surface area (Å²) in [7, 11) is 0. The average molecular weight is 274 g/mol. The number of carbonyl (C=O) groups excluding carboxylic acids is 1. The molecule has 4 saturated carbocycles. The van der Waals surface area contributed by atoms with Crippen molar-refractivity contribution in [3.05, 3.63) is 18.0 Å². The van der Waals surface area contributed by atoms with Crippen molar-refractivity contribution in [3.8, 4) is 0 Å². The van der Waals surface area contributed by atoms with Gasteiger partial charge in [-0.15, -0.1) is 0 Å². The smallest absolute Gasteiger partial charge is 0.354 e. The van der Waals surface area contributed by atoms with Crippen LogP contribution < -0.4 is 5.73 Å². The van der Waals surface area contributed by atoms with Gasteiger partial charge in [0.15, 0.2) is 0 Å². The van der Waals surface area contributed by atoms with Crippen molar-refractivity contribution in [2.24, 2.45) is 23.2 Å². The molecule has 0 atom stereocenters. The number of hydrogen-bond donors (Lipinski definition) is 2. The standard InChI is InChI=1S/C16H22N2O2/c17-13-4-14(18-8-13)15(19)20-9-16-5-10-1-11(6-16)3-12(2-10)7-16/h4,8,10-12,18H,1-3,5-7,9,17H2. The van der Waals surface area contributed by atoms with Gasteiger partial charge in [-0.05, 0) is 62.3 Å². The van der Waals surface area contributed by atoms with Gasteiger partial charge in [-0.2, -0.15) is 0 Å². The van der Waals surface area contributed by atoms with Crippen molar-refractivity contribution in [1.29, 1.82) is 0 Å². The van der Waals surface area contributed by atoms with Crippen molar-refractivity contribution in [2.45, 2.75) is 38.5 Å². The van der Waals surface area contributed by atoms with E-state index in [1.807, 2.05) is 0 Å². The van der Waals surface area contributed by atoms with Crippen LogP contribution in [0.5, 0.6) is 0 Å². The number of carbonyl (C=O) groups is 1. The van der Waals surface area contributed by atoms with Gasteiger partial charge < -0.3 is 15.5 Å². The topological polar surface area (TPSA) is 68.1 Å². The molecule has 1 heterocycles. The lowest BCUT2D eigenvalue weighted by Gasteiger charge is -2.56. The number of H-pyrrole nitrogens is 1. The quantitative estimate of drug-likeness (QED) is 0.833. The lowest BCUT2D eigenvalue weighted by Crippen LogP contribution is -2.48. The van der Waals surface area contributed by atoms with Crippen molar-refractivity contribution in [1.82, 2.24) is 4.98 Å².